The van der Waals surface area contributed by atoms with E-state index in [4.69, 9.17) is 0 Å². The van der Waals surface area contributed by atoms with Crippen molar-refractivity contribution in [3.63, 3.8) is 0 Å². The van der Waals surface area contributed by atoms with Gasteiger partial charge in [0.05, 0.1) is 12.5 Å². The van der Waals surface area contributed by atoms with Crippen molar-refractivity contribution in [2.24, 2.45) is 0 Å². The van der Waals surface area contributed by atoms with Crippen LogP contribution in [0.1, 0.15) is 19.3 Å². The largest absolute Gasteiger partial charge is 0.392 e. The van der Waals surface area contributed by atoms with Gasteiger partial charge in [-0.2, -0.15) is 13.2 Å². The summed E-state index contributed by atoms with van der Waals surface area (Å²) in [6.07, 6.45) is -2.65. The SMILES string of the molecule is C=CCCC(O)CN(C)CCC(F)(F)F. The van der Waals surface area contributed by atoms with Gasteiger partial charge in [-0.25, -0.2) is 0 Å². The number of allylic oxidation sites excluding steroid dienone is 1. The van der Waals surface area contributed by atoms with Crippen LogP contribution in [0.4, 0.5) is 13.2 Å². The first-order valence-corrected chi connectivity index (χ1v) is 4.89. The molecule has 2 nitrogen and oxygen atoms in total. The van der Waals surface area contributed by atoms with E-state index >= 15 is 0 Å². The molecule has 0 aliphatic carbocycles. The summed E-state index contributed by atoms with van der Waals surface area (Å²) in [5.41, 5.74) is 0. The van der Waals surface area contributed by atoms with Gasteiger partial charge in [0.15, 0.2) is 0 Å². The van der Waals surface area contributed by atoms with Crippen molar-refractivity contribution in [1.82, 2.24) is 4.90 Å². The average Bonchev–Trinajstić information content (AvgIpc) is 2.10. The van der Waals surface area contributed by atoms with Crippen molar-refractivity contribution >= 4 is 0 Å². The lowest BCUT2D eigenvalue weighted by Crippen LogP contribution is -2.31. The number of likely N-dealkylation sites (N-methyl/N-ethyl adjacent to an activating group) is 1. The number of aliphatic hydroxyl groups excluding tert-OH is 1. The number of halogens is 3. The van der Waals surface area contributed by atoms with E-state index in [1.165, 1.54) is 4.90 Å². The van der Waals surface area contributed by atoms with Gasteiger partial charge in [0.25, 0.3) is 0 Å². The Kier molecular flexibility index (Phi) is 6.60. The minimum atomic E-state index is -4.12. The summed E-state index contributed by atoms with van der Waals surface area (Å²) in [6, 6.07) is 0. The molecule has 0 aromatic carbocycles. The molecule has 0 aliphatic rings. The molecule has 15 heavy (non-hydrogen) atoms. The third kappa shape index (κ3) is 9.75. The third-order valence-electron chi connectivity index (χ3n) is 2.00. The number of aliphatic hydroxyl groups is 1. The topological polar surface area (TPSA) is 23.5 Å². The molecule has 0 radical (unpaired) electrons. The van der Waals surface area contributed by atoms with Crippen molar-refractivity contribution in [3.8, 4) is 0 Å². The maximum absolute atomic E-state index is 11.9. The van der Waals surface area contributed by atoms with Gasteiger partial charge in [-0.15, -0.1) is 6.58 Å². The zero-order valence-corrected chi connectivity index (χ0v) is 8.93. The molecule has 0 aromatic rings. The van der Waals surface area contributed by atoms with E-state index in [9.17, 15) is 18.3 Å². The first-order valence-electron chi connectivity index (χ1n) is 4.89. The van der Waals surface area contributed by atoms with Crippen molar-refractivity contribution < 1.29 is 18.3 Å². The molecule has 0 rings (SSSR count). The Morgan fingerprint density at radius 3 is 2.53 bits per heavy atom. The molecule has 0 bridgehead atoms. The van der Waals surface area contributed by atoms with Gasteiger partial charge in [0.1, 0.15) is 0 Å². The monoisotopic (exact) mass is 225 g/mol. The Morgan fingerprint density at radius 1 is 1.47 bits per heavy atom. The average molecular weight is 225 g/mol. The van der Waals surface area contributed by atoms with Crippen LogP contribution in [0.15, 0.2) is 12.7 Å². The molecular formula is C10H18F3NO. The summed E-state index contributed by atoms with van der Waals surface area (Å²) in [5.74, 6) is 0. The molecule has 90 valence electrons. The summed E-state index contributed by atoms with van der Waals surface area (Å²) >= 11 is 0. The number of hydrogen-bond donors (Lipinski definition) is 1. The maximum atomic E-state index is 11.9. The molecule has 0 amide bonds. The van der Waals surface area contributed by atoms with Gasteiger partial charge in [-0.3, -0.25) is 0 Å². The predicted octanol–water partition coefficient (Wildman–Crippen LogP) is 2.20. The summed E-state index contributed by atoms with van der Waals surface area (Å²) in [5, 5.41) is 9.41. The molecule has 0 fully saturated rings. The highest BCUT2D eigenvalue weighted by Crippen LogP contribution is 2.19. The number of nitrogens with zero attached hydrogens (tertiary/aromatic N) is 1. The van der Waals surface area contributed by atoms with Crippen LogP contribution in [0, 0.1) is 0 Å². The molecule has 0 aromatic heterocycles. The fourth-order valence-electron chi connectivity index (χ4n) is 1.17. The van der Waals surface area contributed by atoms with E-state index in [1.807, 2.05) is 0 Å². The normalized spacial score (nSPS) is 14.3. The Balaban J connectivity index is 3.63. The van der Waals surface area contributed by atoms with Crippen LogP contribution in [0.5, 0.6) is 0 Å². The summed E-state index contributed by atoms with van der Waals surface area (Å²) < 4.78 is 35.6. The van der Waals surface area contributed by atoms with Crippen molar-refractivity contribution in [2.45, 2.75) is 31.5 Å². The standard InChI is InChI=1S/C10H18F3NO/c1-3-4-5-9(15)8-14(2)7-6-10(11,12)13/h3,9,15H,1,4-8H2,2H3. The van der Waals surface area contributed by atoms with Crippen LogP contribution in [-0.2, 0) is 0 Å². The molecule has 1 N–H and O–H groups in total. The summed E-state index contributed by atoms with van der Waals surface area (Å²) in [4.78, 5) is 1.49. The lowest BCUT2D eigenvalue weighted by atomic mass is 10.2. The van der Waals surface area contributed by atoms with E-state index < -0.39 is 18.7 Å². The minimum Gasteiger partial charge on any atom is -0.392 e. The number of alkyl halides is 3. The van der Waals surface area contributed by atoms with Gasteiger partial charge < -0.3 is 10.0 Å². The van der Waals surface area contributed by atoms with Gasteiger partial charge in [0, 0.05) is 13.1 Å². The molecule has 0 heterocycles. The molecule has 1 unspecified atom stereocenters. The molecule has 0 aliphatic heterocycles. The molecule has 0 saturated heterocycles. The zero-order chi connectivity index (χ0) is 11.9. The van der Waals surface area contributed by atoms with Crippen LogP contribution in [-0.4, -0.2) is 42.4 Å². The smallest absolute Gasteiger partial charge is 0.390 e. The molecule has 0 saturated carbocycles. The van der Waals surface area contributed by atoms with E-state index in [0.29, 0.717) is 12.8 Å². The summed E-state index contributed by atoms with van der Waals surface area (Å²) in [6.45, 7) is 3.70. The quantitative estimate of drug-likeness (QED) is 0.671. The third-order valence-corrected chi connectivity index (χ3v) is 2.00. The molecule has 0 spiro atoms. The van der Waals surface area contributed by atoms with Crippen LogP contribution < -0.4 is 0 Å². The number of hydrogen-bond acceptors (Lipinski definition) is 2. The minimum absolute atomic E-state index is 0.0748. The second-order valence-corrected chi connectivity index (χ2v) is 3.65. The van der Waals surface area contributed by atoms with E-state index in [1.54, 1.807) is 13.1 Å². The van der Waals surface area contributed by atoms with Crippen molar-refractivity contribution in [1.29, 1.82) is 0 Å². The lowest BCUT2D eigenvalue weighted by Gasteiger charge is -2.20. The fourth-order valence-corrected chi connectivity index (χ4v) is 1.17. The highest BCUT2D eigenvalue weighted by atomic mass is 19.4. The molecule has 1 atom stereocenters. The van der Waals surface area contributed by atoms with Crippen LogP contribution in [0.25, 0.3) is 0 Å². The fraction of sp³-hybridized carbons (Fsp3) is 0.800. The Bertz CT molecular complexity index is 182. The van der Waals surface area contributed by atoms with Gasteiger partial charge in [-0.1, -0.05) is 6.08 Å². The van der Waals surface area contributed by atoms with E-state index in [-0.39, 0.29) is 13.1 Å². The number of rotatable bonds is 7. The van der Waals surface area contributed by atoms with Crippen LogP contribution in [0.3, 0.4) is 0 Å². The predicted molar refractivity (Wildman–Crippen MR) is 53.6 cm³/mol. The molecular weight excluding hydrogens is 207 g/mol. The highest BCUT2D eigenvalue weighted by molar-refractivity contribution is 4.71. The first-order chi connectivity index (χ1) is 6.85. The van der Waals surface area contributed by atoms with Crippen LogP contribution in [0.2, 0.25) is 0 Å². The zero-order valence-electron chi connectivity index (χ0n) is 8.93. The first kappa shape index (κ1) is 14.5. The lowest BCUT2D eigenvalue weighted by molar-refractivity contribution is -0.137. The van der Waals surface area contributed by atoms with Gasteiger partial charge in [-0.05, 0) is 19.9 Å². The van der Waals surface area contributed by atoms with E-state index in [0.717, 1.165) is 0 Å². The van der Waals surface area contributed by atoms with Crippen LogP contribution >= 0.6 is 0 Å². The second-order valence-electron chi connectivity index (χ2n) is 3.65. The Labute approximate surface area is 88.4 Å². The van der Waals surface area contributed by atoms with Gasteiger partial charge >= 0.3 is 6.18 Å². The molecule has 5 heteroatoms. The van der Waals surface area contributed by atoms with Gasteiger partial charge in [0.2, 0.25) is 0 Å². The highest BCUT2D eigenvalue weighted by Gasteiger charge is 2.27. The van der Waals surface area contributed by atoms with E-state index in [2.05, 4.69) is 6.58 Å². The summed E-state index contributed by atoms with van der Waals surface area (Å²) in [7, 11) is 1.57. The van der Waals surface area contributed by atoms with Crippen molar-refractivity contribution in [3.05, 3.63) is 12.7 Å². The maximum Gasteiger partial charge on any atom is 0.390 e. The Hall–Kier alpha value is -0.550. The second kappa shape index (κ2) is 6.85. The Morgan fingerprint density at radius 2 is 2.07 bits per heavy atom. The van der Waals surface area contributed by atoms with Crippen molar-refractivity contribution in [2.75, 3.05) is 20.1 Å².